The van der Waals surface area contributed by atoms with Crippen LogP contribution in [0.1, 0.15) is 135 Å². The number of pyridine rings is 1. The number of hydrogen-bond acceptors (Lipinski definition) is 0. The second-order valence-corrected chi connectivity index (χ2v) is 15.8. The highest BCUT2D eigenvalue weighted by Crippen LogP contribution is 2.64. The van der Waals surface area contributed by atoms with Crippen LogP contribution in [0.3, 0.4) is 0 Å². The molecule has 0 aliphatic heterocycles. The van der Waals surface area contributed by atoms with E-state index in [4.69, 9.17) is 0 Å². The molecular weight excluding hydrogens is 410 g/mol. The van der Waals surface area contributed by atoms with Crippen LogP contribution < -0.4 is 4.57 Å². The lowest BCUT2D eigenvalue weighted by Gasteiger charge is -2.50. The molecule has 34 heavy (non-hydrogen) atoms. The van der Waals surface area contributed by atoms with E-state index in [1.807, 2.05) is 0 Å². The summed E-state index contributed by atoms with van der Waals surface area (Å²) in [5.74, 6) is 0. The van der Waals surface area contributed by atoms with Crippen LogP contribution in [0.2, 0.25) is 0 Å². The predicted octanol–water partition coefficient (Wildman–Crippen LogP) is 7.97. The minimum atomic E-state index is 0.0144. The van der Waals surface area contributed by atoms with E-state index in [1.54, 1.807) is 33.4 Å². The number of rotatable bonds is 0. The van der Waals surface area contributed by atoms with E-state index in [1.165, 1.54) is 29.7 Å². The van der Waals surface area contributed by atoms with Crippen molar-refractivity contribution >= 4 is 0 Å². The van der Waals surface area contributed by atoms with Gasteiger partial charge in [-0.3, -0.25) is 0 Å². The molecule has 3 aliphatic rings. The molecule has 2 aromatic rings. The van der Waals surface area contributed by atoms with Gasteiger partial charge in [-0.15, -0.1) is 0 Å². The fraction of sp³-hybridized carbons (Fsp3) is 0.667. The minimum Gasteiger partial charge on any atom is -0.200 e. The molecule has 1 aromatic carbocycles. The average molecular weight is 459 g/mol. The molecular formula is C33H48N+. The van der Waals surface area contributed by atoms with Gasteiger partial charge in [0.15, 0.2) is 6.20 Å². The van der Waals surface area contributed by atoms with Crippen molar-refractivity contribution in [1.29, 1.82) is 0 Å². The molecule has 0 saturated heterocycles. The standard InChI is InChI=1S/C33H48N/c1-19-15-20-23(30(6,7)17-28(20,2)3)25-22(19)27-26(33(12,13)32(25,10)11)24-21(16-34(27)14)29(4,5)18-31(24,8)9/h15-16H,17-18H2,1-14H3/q+1. The molecule has 1 aromatic heterocycles. The van der Waals surface area contributed by atoms with Gasteiger partial charge in [-0.05, 0) is 69.2 Å². The van der Waals surface area contributed by atoms with E-state index in [0.717, 1.165) is 0 Å². The first-order valence-corrected chi connectivity index (χ1v) is 13.5. The molecule has 1 heteroatoms. The number of fused-ring (bicyclic) bond motifs is 7. The Labute approximate surface area is 209 Å². The Bertz CT molecular complexity index is 1160. The predicted molar refractivity (Wildman–Crippen MR) is 145 cm³/mol. The lowest BCUT2D eigenvalue weighted by Crippen LogP contribution is -2.50. The Morgan fingerprint density at radius 1 is 0.588 bits per heavy atom. The highest BCUT2D eigenvalue weighted by molar-refractivity contribution is 5.81. The molecule has 5 rings (SSSR count). The normalized spacial score (nSPS) is 25.4. The summed E-state index contributed by atoms with van der Waals surface area (Å²) in [5, 5.41) is 0. The number of aryl methyl sites for hydroxylation is 2. The molecule has 0 atom stereocenters. The Morgan fingerprint density at radius 3 is 1.56 bits per heavy atom. The first kappa shape index (κ1) is 24.1. The maximum atomic E-state index is 2.56. The fourth-order valence-electron chi connectivity index (χ4n) is 9.06. The Balaban J connectivity index is 2.04. The SMILES string of the molecule is Cc1cc2c(c3c1-c1c(c4c(c[n+]1C)C(C)(C)CC4(C)C)C(C)(C)C3(C)C)C(C)(C)CC2(C)C. The van der Waals surface area contributed by atoms with Crippen LogP contribution in [0.25, 0.3) is 11.3 Å². The highest BCUT2D eigenvalue weighted by Gasteiger charge is 2.58. The maximum Gasteiger partial charge on any atom is 0.216 e. The zero-order valence-corrected chi connectivity index (χ0v) is 24.5. The molecule has 0 amide bonds. The largest absolute Gasteiger partial charge is 0.216 e. The maximum absolute atomic E-state index is 2.56. The van der Waals surface area contributed by atoms with Crippen molar-refractivity contribution < 1.29 is 4.57 Å². The summed E-state index contributed by atoms with van der Waals surface area (Å²) in [6, 6.07) is 2.56. The zero-order chi connectivity index (χ0) is 25.6. The molecule has 0 unspecified atom stereocenters. The van der Waals surface area contributed by atoms with Gasteiger partial charge in [0.05, 0.1) is 5.56 Å². The summed E-state index contributed by atoms with van der Waals surface area (Å²) < 4.78 is 2.50. The van der Waals surface area contributed by atoms with Crippen molar-refractivity contribution in [2.24, 2.45) is 7.05 Å². The Kier molecular flexibility index (Phi) is 4.38. The molecule has 184 valence electrons. The summed E-state index contributed by atoms with van der Waals surface area (Å²) in [6.45, 7) is 32.3. The van der Waals surface area contributed by atoms with Crippen LogP contribution in [0.15, 0.2) is 12.3 Å². The lowest BCUT2D eigenvalue weighted by atomic mass is 9.52. The van der Waals surface area contributed by atoms with E-state index < -0.39 is 0 Å². The molecule has 0 spiro atoms. The quantitative estimate of drug-likeness (QED) is 0.352. The molecule has 0 radical (unpaired) electrons. The number of hydrogen-bond donors (Lipinski definition) is 0. The Morgan fingerprint density at radius 2 is 1.03 bits per heavy atom. The van der Waals surface area contributed by atoms with E-state index in [0.29, 0.717) is 0 Å². The topological polar surface area (TPSA) is 3.88 Å². The van der Waals surface area contributed by atoms with Gasteiger partial charge in [0.25, 0.3) is 0 Å². The van der Waals surface area contributed by atoms with Crippen LogP contribution in [-0.2, 0) is 39.5 Å². The number of benzene rings is 1. The van der Waals surface area contributed by atoms with E-state index >= 15 is 0 Å². The van der Waals surface area contributed by atoms with Crippen molar-refractivity contribution in [1.82, 2.24) is 0 Å². The zero-order valence-electron chi connectivity index (χ0n) is 24.5. The highest BCUT2D eigenvalue weighted by atomic mass is 14.9. The third kappa shape index (κ3) is 2.65. The molecule has 0 fully saturated rings. The Hall–Kier alpha value is -1.63. The first-order chi connectivity index (χ1) is 15.2. The van der Waals surface area contributed by atoms with Gasteiger partial charge in [-0.1, -0.05) is 89.2 Å². The molecule has 0 saturated carbocycles. The first-order valence-electron chi connectivity index (χ1n) is 13.5. The molecule has 0 bridgehead atoms. The summed E-state index contributed by atoms with van der Waals surface area (Å²) >= 11 is 0. The minimum absolute atomic E-state index is 0.0144. The van der Waals surface area contributed by atoms with E-state index in [2.05, 4.69) is 114 Å². The molecule has 3 aliphatic carbocycles. The molecule has 1 heterocycles. The van der Waals surface area contributed by atoms with Gasteiger partial charge in [0.2, 0.25) is 5.69 Å². The van der Waals surface area contributed by atoms with Crippen molar-refractivity contribution in [2.75, 3.05) is 0 Å². The van der Waals surface area contributed by atoms with Crippen molar-refractivity contribution in [3.63, 3.8) is 0 Å². The van der Waals surface area contributed by atoms with Gasteiger partial charge in [0, 0.05) is 22.0 Å². The third-order valence-electron chi connectivity index (χ3n) is 10.6. The lowest BCUT2D eigenvalue weighted by molar-refractivity contribution is -0.661. The van der Waals surface area contributed by atoms with Crippen LogP contribution in [-0.4, -0.2) is 0 Å². The van der Waals surface area contributed by atoms with Crippen LogP contribution >= 0.6 is 0 Å². The van der Waals surface area contributed by atoms with E-state index in [-0.39, 0.29) is 32.5 Å². The van der Waals surface area contributed by atoms with Gasteiger partial charge in [0.1, 0.15) is 7.05 Å². The summed E-state index contributed by atoms with van der Waals surface area (Å²) in [6.07, 6.45) is 4.91. The van der Waals surface area contributed by atoms with Crippen LogP contribution in [0.4, 0.5) is 0 Å². The van der Waals surface area contributed by atoms with Gasteiger partial charge in [-0.25, -0.2) is 4.57 Å². The summed E-state index contributed by atoms with van der Waals surface area (Å²) in [7, 11) is 2.31. The van der Waals surface area contributed by atoms with Gasteiger partial charge < -0.3 is 0 Å². The van der Waals surface area contributed by atoms with Crippen molar-refractivity contribution in [2.45, 2.75) is 135 Å². The number of nitrogens with zero attached hydrogens (tertiary/aromatic N) is 1. The van der Waals surface area contributed by atoms with Crippen molar-refractivity contribution in [3.8, 4) is 11.3 Å². The van der Waals surface area contributed by atoms with Gasteiger partial charge in [-0.2, -0.15) is 0 Å². The average Bonchev–Trinajstić information content (AvgIpc) is 2.93. The second-order valence-electron chi connectivity index (χ2n) is 15.8. The summed E-state index contributed by atoms with van der Waals surface area (Å²) in [5.41, 5.74) is 14.9. The van der Waals surface area contributed by atoms with Crippen LogP contribution in [0.5, 0.6) is 0 Å². The van der Waals surface area contributed by atoms with E-state index in [9.17, 15) is 0 Å². The molecule has 0 N–H and O–H groups in total. The second kappa shape index (κ2) is 6.19. The third-order valence-corrected chi connectivity index (χ3v) is 10.6. The van der Waals surface area contributed by atoms with Crippen LogP contribution in [0, 0.1) is 6.92 Å². The van der Waals surface area contributed by atoms with Gasteiger partial charge >= 0.3 is 0 Å². The van der Waals surface area contributed by atoms with Crippen molar-refractivity contribution in [3.05, 3.63) is 51.2 Å². The molecule has 1 nitrogen and oxygen atoms in total. The number of aromatic nitrogens is 1. The fourth-order valence-corrected chi connectivity index (χ4v) is 9.06. The smallest absolute Gasteiger partial charge is 0.200 e. The summed E-state index contributed by atoms with van der Waals surface area (Å²) in [4.78, 5) is 0. The monoisotopic (exact) mass is 458 g/mol.